The summed E-state index contributed by atoms with van der Waals surface area (Å²) in [5.74, 6) is 0.280. The van der Waals surface area contributed by atoms with Crippen LogP contribution in [0.15, 0.2) is 48.5 Å². The van der Waals surface area contributed by atoms with Crippen LogP contribution in [0.4, 0.5) is 15.8 Å². The van der Waals surface area contributed by atoms with Crippen LogP contribution in [0.25, 0.3) is 0 Å². The molecule has 0 atom stereocenters. The summed E-state index contributed by atoms with van der Waals surface area (Å²) in [4.78, 5) is 11.8. The number of rotatable bonds is 7. The molecule has 0 saturated carbocycles. The van der Waals surface area contributed by atoms with E-state index in [-0.39, 0.29) is 18.3 Å². The topological polar surface area (TPSA) is 50.4 Å². The first-order chi connectivity index (χ1) is 10.7. The summed E-state index contributed by atoms with van der Waals surface area (Å²) in [6.07, 6.45) is 0.962. The Hall–Kier alpha value is -2.56. The molecule has 0 aromatic heterocycles. The van der Waals surface area contributed by atoms with Crippen molar-refractivity contribution in [1.82, 2.24) is 0 Å². The van der Waals surface area contributed by atoms with Crippen molar-refractivity contribution >= 4 is 17.3 Å². The monoisotopic (exact) mass is 302 g/mol. The standard InChI is InChI=1S/C17H19FN2O2/c1-2-11-22-16-9-7-14(8-10-16)19-12-17(21)20-15-5-3-13(18)4-6-15/h3-10,19H,2,11-12H2,1H3,(H,20,21). The second kappa shape index (κ2) is 8.02. The third kappa shape index (κ3) is 5.09. The van der Waals surface area contributed by atoms with Crippen molar-refractivity contribution in [3.8, 4) is 5.75 Å². The first kappa shape index (κ1) is 15.8. The number of halogens is 1. The molecule has 0 unspecified atom stereocenters. The predicted octanol–water partition coefficient (Wildman–Crippen LogP) is 3.67. The van der Waals surface area contributed by atoms with Crippen LogP contribution in [-0.2, 0) is 4.79 Å². The van der Waals surface area contributed by atoms with E-state index in [0.717, 1.165) is 17.9 Å². The van der Waals surface area contributed by atoms with Crippen molar-refractivity contribution in [2.45, 2.75) is 13.3 Å². The zero-order valence-electron chi connectivity index (χ0n) is 12.4. The number of hydrogen-bond donors (Lipinski definition) is 2. The molecule has 1 amide bonds. The van der Waals surface area contributed by atoms with E-state index in [1.165, 1.54) is 24.3 Å². The lowest BCUT2D eigenvalue weighted by Crippen LogP contribution is -2.21. The number of hydrogen-bond acceptors (Lipinski definition) is 3. The molecular weight excluding hydrogens is 283 g/mol. The van der Waals surface area contributed by atoms with Crippen LogP contribution < -0.4 is 15.4 Å². The van der Waals surface area contributed by atoms with Gasteiger partial charge in [0.05, 0.1) is 13.2 Å². The molecule has 0 aliphatic rings. The summed E-state index contributed by atoms with van der Waals surface area (Å²) >= 11 is 0. The first-order valence-corrected chi connectivity index (χ1v) is 7.19. The lowest BCUT2D eigenvalue weighted by molar-refractivity contribution is -0.114. The van der Waals surface area contributed by atoms with Gasteiger partial charge in [-0.2, -0.15) is 0 Å². The average molecular weight is 302 g/mol. The number of ether oxygens (including phenoxy) is 1. The fourth-order valence-electron chi connectivity index (χ4n) is 1.81. The van der Waals surface area contributed by atoms with Crippen molar-refractivity contribution < 1.29 is 13.9 Å². The number of amides is 1. The van der Waals surface area contributed by atoms with Crippen LogP contribution >= 0.6 is 0 Å². The molecule has 2 aromatic carbocycles. The summed E-state index contributed by atoms with van der Waals surface area (Å²) in [6.45, 7) is 2.87. The van der Waals surface area contributed by atoms with Gasteiger partial charge in [0.25, 0.3) is 0 Å². The molecule has 0 spiro atoms. The molecule has 22 heavy (non-hydrogen) atoms. The Morgan fingerprint density at radius 3 is 2.32 bits per heavy atom. The molecule has 0 heterocycles. The molecule has 0 bridgehead atoms. The van der Waals surface area contributed by atoms with Gasteiger partial charge in [-0.1, -0.05) is 6.92 Å². The maximum Gasteiger partial charge on any atom is 0.243 e. The molecule has 5 heteroatoms. The molecule has 0 radical (unpaired) electrons. The Bertz CT molecular complexity index is 597. The van der Waals surface area contributed by atoms with E-state index in [2.05, 4.69) is 17.6 Å². The third-order valence-electron chi connectivity index (χ3n) is 2.91. The van der Waals surface area contributed by atoms with Crippen LogP contribution in [0.2, 0.25) is 0 Å². The van der Waals surface area contributed by atoms with Crippen molar-refractivity contribution in [3.63, 3.8) is 0 Å². The lowest BCUT2D eigenvalue weighted by Gasteiger charge is -2.09. The molecule has 0 aliphatic heterocycles. The van der Waals surface area contributed by atoms with Gasteiger partial charge in [0.15, 0.2) is 0 Å². The van der Waals surface area contributed by atoms with E-state index in [0.29, 0.717) is 12.3 Å². The fraction of sp³-hybridized carbons (Fsp3) is 0.235. The van der Waals surface area contributed by atoms with E-state index in [1.807, 2.05) is 24.3 Å². The van der Waals surface area contributed by atoms with E-state index in [1.54, 1.807) is 0 Å². The SMILES string of the molecule is CCCOc1ccc(NCC(=O)Nc2ccc(F)cc2)cc1. The maximum atomic E-state index is 12.8. The zero-order valence-corrected chi connectivity index (χ0v) is 12.4. The predicted molar refractivity (Wildman–Crippen MR) is 85.7 cm³/mol. The summed E-state index contributed by atoms with van der Waals surface area (Å²) in [5, 5.41) is 5.70. The average Bonchev–Trinajstić information content (AvgIpc) is 2.54. The number of anilines is 2. The first-order valence-electron chi connectivity index (χ1n) is 7.19. The Morgan fingerprint density at radius 2 is 1.68 bits per heavy atom. The van der Waals surface area contributed by atoms with Crippen molar-refractivity contribution in [1.29, 1.82) is 0 Å². The quantitative estimate of drug-likeness (QED) is 0.820. The molecule has 0 aliphatic carbocycles. The van der Waals surface area contributed by atoms with Gasteiger partial charge in [0.2, 0.25) is 5.91 Å². The molecular formula is C17H19FN2O2. The zero-order chi connectivity index (χ0) is 15.8. The Kier molecular flexibility index (Phi) is 5.77. The summed E-state index contributed by atoms with van der Waals surface area (Å²) in [5.41, 5.74) is 1.40. The minimum absolute atomic E-state index is 0.131. The molecule has 116 valence electrons. The van der Waals surface area contributed by atoms with Gasteiger partial charge in [-0.15, -0.1) is 0 Å². The normalized spacial score (nSPS) is 10.1. The fourth-order valence-corrected chi connectivity index (χ4v) is 1.81. The smallest absolute Gasteiger partial charge is 0.243 e. The van der Waals surface area contributed by atoms with Gasteiger partial charge < -0.3 is 15.4 Å². The number of benzene rings is 2. The molecule has 2 rings (SSSR count). The Morgan fingerprint density at radius 1 is 1.05 bits per heavy atom. The Balaban J connectivity index is 1.79. The van der Waals surface area contributed by atoms with E-state index in [4.69, 9.17) is 4.74 Å². The van der Waals surface area contributed by atoms with Gasteiger partial charge >= 0.3 is 0 Å². The minimum Gasteiger partial charge on any atom is -0.494 e. The maximum absolute atomic E-state index is 12.8. The van der Waals surface area contributed by atoms with E-state index >= 15 is 0 Å². The van der Waals surface area contributed by atoms with Gasteiger partial charge in [-0.3, -0.25) is 4.79 Å². The molecule has 2 aromatic rings. The molecule has 0 saturated heterocycles. The highest BCUT2D eigenvalue weighted by molar-refractivity contribution is 5.93. The second-order valence-electron chi connectivity index (χ2n) is 4.78. The third-order valence-corrected chi connectivity index (χ3v) is 2.91. The van der Waals surface area contributed by atoms with Crippen molar-refractivity contribution in [3.05, 3.63) is 54.3 Å². The van der Waals surface area contributed by atoms with Crippen LogP contribution in [0.5, 0.6) is 5.75 Å². The molecule has 2 N–H and O–H groups in total. The Labute approximate surface area is 129 Å². The summed E-state index contributed by atoms with van der Waals surface area (Å²) in [6, 6.07) is 13.1. The second-order valence-corrected chi connectivity index (χ2v) is 4.78. The van der Waals surface area contributed by atoms with Gasteiger partial charge in [-0.25, -0.2) is 4.39 Å². The van der Waals surface area contributed by atoms with Crippen molar-refractivity contribution in [2.75, 3.05) is 23.8 Å². The van der Waals surface area contributed by atoms with E-state index in [9.17, 15) is 9.18 Å². The molecule has 4 nitrogen and oxygen atoms in total. The highest BCUT2D eigenvalue weighted by Gasteiger charge is 2.03. The van der Waals surface area contributed by atoms with Crippen molar-refractivity contribution in [2.24, 2.45) is 0 Å². The lowest BCUT2D eigenvalue weighted by atomic mass is 10.3. The van der Waals surface area contributed by atoms with Crippen LogP contribution in [0, 0.1) is 5.82 Å². The highest BCUT2D eigenvalue weighted by Crippen LogP contribution is 2.15. The van der Waals surface area contributed by atoms with Gasteiger partial charge in [-0.05, 0) is 55.0 Å². The summed E-state index contributed by atoms with van der Waals surface area (Å²) < 4.78 is 18.3. The van der Waals surface area contributed by atoms with Gasteiger partial charge in [0, 0.05) is 11.4 Å². The van der Waals surface area contributed by atoms with Crippen LogP contribution in [0.3, 0.4) is 0 Å². The highest BCUT2D eigenvalue weighted by atomic mass is 19.1. The van der Waals surface area contributed by atoms with E-state index < -0.39 is 0 Å². The number of carbonyl (C=O) groups excluding carboxylic acids is 1. The summed E-state index contributed by atoms with van der Waals surface area (Å²) in [7, 11) is 0. The molecule has 0 fully saturated rings. The van der Waals surface area contributed by atoms with Crippen LogP contribution in [-0.4, -0.2) is 19.1 Å². The number of carbonyl (C=O) groups is 1. The van der Waals surface area contributed by atoms with Crippen LogP contribution in [0.1, 0.15) is 13.3 Å². The number of nitrogens with one attached hydrogen (secondary N) is 2. The van der Waals surface area contributed by atoms with Gasteiger partial charge in [0.1, 0.15) is 11.6 Å². The largest absolute Gasteiger partial charge is 0.494 e. The minimum atomic E-state index is -0.332.